The van der Waals surface area contributed by atoms with E-state index in [2.05, 4.69) is 0 Å². The minimum absolute atomic E-state index is 0.0185. The summed E-state index contributed by atoms with van der Waals surface area (Å²) in [4.78, 5) is 14.2. The van der Waals surface area contributed by atoms with Gasteiger partial charge in [-0.3, -0.25) is 9.69 Å². The summed E-state index contributed by atoms with van der Waals surface area (Å²) >= 11 is 0. The van der Waals surface area contributed by atoms with Crippen LogP contribution in [0.1, 0.15) is 28.4 Å². The fraction of sp³-hybridized carbons (Fsp3) is 0.533. The zero-order chi connectivity index (χ0) is 14.4. The van der Waals surface area contributed by atoms with E-state index in [1.165, 1.54) is 0 Å². The minimum Gasteiger partial charge on any atom is -0.395 e. The lowest BCUT2D eigenvalue weighted by Crippen LogP contribution is -2.42. The summed E-state index contributed by atoms with van der Waals surface area (Å²) in [6.07, 6.45) is 0. The molecule has 1 aromatic rings. The summed E-state index contributed by atoms with van der Waals surface area (Å²) in [5.41, 5.74) is 2.93. The number of Topliss-reactive ketones (excluding diaryl/α,β-unsaturated/α-hetero) is 1. The third kappa shape index (κ3) is 4.13. The first-order valence-electron chi connectivity index (χ1n) is 6.58. The fourth-order valence-electron chi connectivity index (χ4n) is 2.06. The molecule has 0 aliphatic carbocycles. The molecule has 1 rings (SSSR count). The van der Waals surface area contributed by atoms with E-state index in [-0.39, 0.29) is 25.0 Å². The van der Waals surface area contributed by atoms with Crippen LogP contribution in [0.15, 0.2) is 18.2 Å². The lowest BCUT2D eigenvalue weighted by molar-refractivity contribution is 0.0769. The average molecular weight is 265 g/mol. The van der Waals surface area contributed by atoms with Gasteiger partial charge in [0.25, 0.3) is 0 Å². The van der Waals surface area contributed by atoms with Crippen LogP contribution in [0.3, 0.4) is 0 Å². The van der Waals surface area contributed by atoms with Crippen LogP contribution in [-0.4, -0.2) is 53.2 Å². The molecule has 1 aromatic carbocycles. The largest absolute Gasteiger partial charge is 0.395 e. The molecule has 1 atom stereocenters. The molecule has 0 aliphatic heterocycles. The molecule has 19 heavy (non-hydrogen) atoms. The number of aliphatic hydroxyl groups excluding tert-OH is 2. The Labute approximate surface area is 114 Å². The molecule has 0 saturated heterocycles. The Kier molecular flexibility index (Phi) is 6.15. The summed E-state index contributed by atoms with van der Waals surface area (Å²) in [6.45, 7) is 6.53. The van der Waals surface area contributed by atoms with Crippen LogP contribution in [0.4, 0.5) is 0 Å². The number of rotatable bonds is 7. The second-order valence-corrected chi connectivity index (χ2v) is 4.82. The van der Waals surface area contributed by atoms with Crippen LogP contribution in [-0.2, 0) is 0 Å². The molecule has 0 spiro atoms. The molecule has 0 bridgehead atoms. The van der Waals surface area contributed by atoms with Crippen molar-refractivity contribution in [2.45, 2.75) is 26.8 Å². The van der Waals surface area contributed by atoms with Gasteiger partial charge in [0, 0.05) is 18.7 Å². The number of benzene rings is 1. The predicted octanol–water partition coefficient (Wildman–Crippen LogP) is 1.16. The van der Waals surface area contributed by atoms with E-state index in [1.807, 2.05) is 39.0 Å². The maximum Gasteiger partial charge on any atom is 0.179 e. The van der Waals surface area contributed by atoms with Gasteiger partial charge in [-0.15, -0.1) is 0 Å². The second kappa shape index (κ2) is 7.38. The van der Waals surface area contributed by atoms with Crippen LogP contribution in [0.25, 0.3) is 0 Å². The van der Waals surface area contributed by atoms with Crippen molar-refractivity contribution in [1.82, 2.24) is 4.90 Å². The molecule has 1 unspecified atom stereocenters. The topological polar surface area (TPSA) is 60.8 Å². The number of carbonyl (C=O) groups is 1. The molecular weight excluding hydrogens is 242 g/mol. The molecule has 0 aliphatic rings. The van der Waals surface area contributed by atoms with Gasteiger partial charge in [0.05, 0.1) is 19.3 Å². The van der Waals surface area contributed by atoms with Gasteiger partial charge in [-0.05, 0) is 38.0 Å². The normalized spacial score (nSPS) is 12.7. The molecule has 0 radical (unpaired) electrons. The van der Waals surface area contributed by atoms with Gasteiger partial charge in [0.15, 0.2) is 5.78 Å². The smallest absolute Gasteiger partial charge is 0.179 e. The Morgan fingerprint density at radius 2 is 1.74 bits per heavy atom. The minimum atomic E-state index is -0.346. The molecule has 0 saturated carbocycles. The number of hydrogen-bond acceptors (Lipinski definition) is 4. The number of aliphatic hydroxyl groups is 2. The van der Waals surface area contributed by atoms with Gasteiger partial charge < -0.3 is 10.2 Å². The van der Waals surface area contributed by atoms with E-state index in [0.717, 1.165) is 11.1 Å². The van der Waals surface area contributed by atoms with Crippen molar-refractivity contribution in [2.75, 3.05) is 26.3 Å². The number of carbonyl (C=O) groups excluding carboxylic acids is 1. The van der Waals surface area contributed by atoms with Gasteiger partial charge in [0.1, 0.15) is 0 Å². The Morgan fingerprint density at radius 1 is 1.16 bits per heavy atom. The number of hydrogen-bond donors (Lipinski definition) is 2. The van der Waals surface area contributed by atoms with Crippen molar-refractivity contribution in [3.63, 3.8) is 0 Å². The van der Waals surface area contributed by atoms with Crippen LogP contribution in [0.2, 0.25) is 0 Å². The Hall–Kier alpha value is -1.23. The summed E-state index contributed by atoms with van der Waals surface area (Å²) in [6, 6.07) is 5.32. The summed E-state index contributed by atoms with van der Waals surface area (Å²) in [7, 11) is 0. The highest BCUT2D eigenvalue weighted by Gasteiger charge is 2.21. The van der Waals surface area contributed by atoms with Crippen LogP contribution < -0.4 is 0 Å². The summed E-state index contributed by atoms with van der Waals surface area (Å²) < 4.78 is 0. The first kappa shape index (κ1) is 15.8. The Balaban J connectivity index is 2.87. The molecule has 0 fully saturated rings. The van der Waals surface area contributed by atoms with Crippen molar-refractivity contribution in [2.24, 2.45) is 0 Å². The molecular formula is C15H23NO3. The molecule has 4 nitrogen and oxygen atoms in total. The molecule has 0 amide bonds. The molecule has 2 N–H and O–H groups in total. The predicted molar refractivity (Wildman–Crippen MR) is 75.5 cm³/mol. The van der Waals surface area contributed by atoms with Gasteiger partial charge in [-0.2, -0.15) is 0 Å². The van der Waals surface area contributed by atoms with E-state index in [4.69, 9.17) is 10.2 Å². The van der Waals surface area contributed by atoms with E-state index in [0.29, 0.717) is 18.7 Å². The van der Waals surface area contributed by atoms with Gasteiger partial charge >= 0.3 is 0 Å². The molecule has 0 aromatic heterocycles. The van der Waals surface area contributed by atoms with E-state index < -0.39 is 0 Å². The fourth-order valence-corrected chi connectivity index (χ4v) is 2.06. The van der Waals surface area contributed by atoms with Crippen LogP contribution in [0, 0.1) is 13.8 Å². The first-order chi connectivity index (χ1) is 9.01. The van der Waals surface area contributed by atoms with Crippen molar-refractivity contribution >= 4 is 5.78 Å². The Morgan fingerprint density at radius 3 is 2.21 bits per heavy atom. The third-order valence-corrected chi connectivity index (χ3v) is 3.49. The highest BCUT2D eigenvalue weighted by atomic mass is 16.3. The van der Waals surface area contributed by atoms with Gasteiger partial charge in [-0.25, -0.2) is 0 Å². The number of aryl methyl sites for hydroxylation is 2. The highest BCUT2D eigenvalue weighted by Crippen LogP contribution is 2.14. The zero-order valence-corrected chi connectivity index (χ0v) is 11.9. The molecule has 0 heterocycles. The maximum absolute atomic E-state index is 12.4. The summed E-state index contributed by atoms with van der Waals surface area (Å²) in [5.74, 6) is 0.0185. The van der Waals surface area contributed by atoms with Crippen molar-refractivity contribution < 1.29 is 15.0 Å². The average Bonchev–Trinajstić information content (AvgIpc) is 2.40. The van der Waals surface area contributed by atoms with Crippen LogP contribution in [0.5, 0.6) is 0 Å². The van der Waals surface area contributed by atoms with E-state index >= 15 is 0 Å². The summed E-state index contributed by atoms with van der Waals surface area (Å²) in [5, 5.41) is 18.0. The van der Waals surface area contributed by atoms with Gasteiger partial charge in [-0.1, -0.05) is 12.1 Å². The maximum atomic E-state index is 12.4. The third-order valence-electron chi connectivity index (χ3n) is 3.49. The number of ketones is 1. The number of nitrogens with zero attached hydrogens (tertiary/aromatic N) is 1. The quantitative estimate of drug-likeness (QED) is 0.726. The van der Waals surface area contributed by atoms with Crippen LogP contribution >= 0.6 is 0 Å². The molecule has 106 valence electrons. The van der Waals surface area contributed by atoms with E-state index in [1.54, 1.807) is 4.90 Å². The first-order valence-corrected chi connectivity index (χ1v) is 6.58. The Bertz CT molecular complexity index is 425. The van der Waals surface area contributed by atoms with Crippen molar-refractivity contribution in [1.29, 1.82) is 0 Å². The molecule has 4 heteroatoms. The van der Waals surface area contributed by atoms with E-state index in [9.17, 15) is 4.79 Å². The highest BCUT2D eigenvalue weighted by molar-refractivity contribution is 6.00. The lowest BCUT2D eigenvalue weighted by Gasteiger charge is -2.26. The monoisotopic (exact) mass is 265 g/mol. The SMILES string of the molecule is Cc1ccc(C(=O)C(C)N(CCO)CCO)cc1C. The lowest BCUT2D eigenvalue weighted by atomic mass is 9.99. The van der Waals surface area contributed by atoms with Crippen molar-refractivity contribution in [3.8, 4) is 0 Å². The zero-order valence-electron chi connectivity index (χ0n) is 11.9. The second-order valence-electron chi connectivity index (χ2n) is 4.82. The van der Waals surface area contributed by atoms with Crippen molar-refractivity contribution in [3.05, 3.63) is 34.9 Å². The van der Waals surface area contributed by atoms with Gasteiger partial charge in [0.2, 0.25) is 0 Å². The standard InChI is InChI=1S/C15H23NO3/c1-11-4-5-14(10-12(11)2)15(19)13(3)16(6-8-17)7-9-18/h4-5,10,13,17-18H,6-9H2,1-3H3.